The molecule has 0 radical (unpaired) electrons. The number of rotatable bonds is 8. The van der Waals surface area contributed by atoms with Gasteiger partial charge in [0.15, 0.2) is 0 Å². The van der Waals surface area contributed by atoms with Crippen LogP contribution in [0.5, 0.6) is 5.75 Å². The van der Waals surface area contributed by atoms with Gasteiger partial charge in [-0.05, 0) is 208 Å². The minimum atomic E-state index is 0.142. The van der Waals surface area contributed by atoms with Crippen LogP contribution >= 0.6 is 0 Å². The van der Waals surface area contributed by atoms with E-state index < -0.39 is 0 Å². The largest absolute Gasteiger partial charge is 0.490 e. The Morgan fingerprint density at radius 2 is 0.939 bits per heavy atom. The van der Waals surface area contributed by atoms with Gasteiger partial charge < -0.3 is 9.47 Å². The van der Waals surface area contributed by atoms with E-state index in [1.165, 1.54) is 128 Å². The molecule has 2 nitrogen and oxygen atoms in total. The van der Waals surface area contributed by atoms with Crippen LogP contribution in [0.25, 0.3) is 0 Å². The Balaban J connectivity index is 1.21. The van der Waals surface area contributed by atoms with E-state index in [2.05, 4.69) is 40.7 Å². The van der Waals surface area contributed by atoms with Crippen molar-refractivity contribution in [3.63, 3.8) is 0 Å². The Kier molecular flexibility index (Phi) is 6.65. The molecule has 12 bridgehead atoms. The monoisotopic (exact) mass is 665 g/mol. The minimum absolute atomic E-state index is 0.142. The van der Waals surface area contributed by atoms with Gasteiger partial charge in [0, 0.05) is 16.5 Å². The van der Waals surface area contributed by atoms with Gasteiger partial charge in [0.25, 0.3) is 0 Å². The van der Waals surface area contributed by atoms with Crippen molar-refractivity contribution in [1.82, 2.24) is 0 Å². The topological polar surface area (TPSA) is 21.8 Å². The number of epoxide rings is 1. The fourth-order valence-electron chi connectivity index (χ4n) is 17.8. The quantitative estimate of drug-likeness (QED) is 0.258. The molecule has 1 aliphatic heterocycles. The van der Waals surface area contributed by atoms with E-state index in [0.29, 0.717) is 27.8 Å². The van der Waals surface area contributed by atoms with E-state index in [0.717, 1.165) is 66.5 Å². The lowest BCUT2D eigenvalue weighted by molar-refractivity contribution is -0.0208. The summed E-state index contributed by atoms with van der Waals surface area (Å²) < 4.78 is 13.6. The Morgan fingerprint density at radius 1 is 0.571 bits per heavy atom. The molecule has 1 aromatic rings. The third-order valence-corrected chi connectivity index (χ3v) is 17.5. The van der Waals surface area contributed by atoms with Crippen LogP contribution in [0.4, 0.5) is 0 Å². The molecule has 12 aliphatic carbocycles. The Morgan fingerprint density at radius 3 is 1.31 bits per heavy atom. The summed E-state index contributed by atoms with van der Waals surface area (Å²) in [6, 6.07) is 2.96. The van der Waals surface area contributed by atoms with Crippen LogP contribution in [0.15, 0.2) is 6.07 Å². The standard InChI is InChI=1S/C47H68O2/c1-43(2,3)27-44(4,5)38-15-39(45-16-28-6-29(17-45)8-30(7-28)18-45)42(49-26-37-25-48-37)41(47-22-34-12-35(23-47)14-36(13-34)24-47)40(38)46-19-31-9-32(20-46)11-33(10-31)21-46/h15,28-37H,6-14,16-27H2,1-5H3. The first-order valence-electron chi connectivity index (χ1n) is 21.8. The fraction of sp³-hybridized carbons (Fsp3) is 0.872. The van der Waals surface area contributed by atoms with Crippen molar-refractivity contribution < 1.29 is 9.47 Å². The van der Waals surface area contributed by atoms with Crippen molar-refractivity contribution in [3.8, 4) is 5.75 Å². The Hall–Kier alpha value is -1.02. The second kappa shape index (κ2) is 10.3. The minimum Gasteiger partial charge on any atom is -0.490 e. The molecule has 13 fully saturated rings. The maximum Gasteiger partial charge on any atom is 0.127 e. The third kappa shape index (κ3) is 4.99. The van der Waals surface area contributed by atoms with Crippen molar-refractivity contribution in [3.05, 3.63) is 28.3 Å². The van der Waals surface area contributed by atoms with Gasteiger partial charge >= 0.3 is 0 Å². The number of hydrogen-bond donors (Lipinski definition) is 0. The van der Waals surface area contributed by atoms with Crippen molar-refractivity contribution >= 4 is 0 Å². The van der Waals surface area contributed by atoms with E-state index in [1.54, 1.807) is 5.56 Å². The van der Waals surface area contributed by atoms with Crippen LogP contribution in [0.3, 0.4) is 0 Å². The van der Waals surface area contributed by atoms with E-state index in [1.807, 2.05) is 16.7 Å². The highest BCUT2D eigenvalue weighted by molar-refractivity contribution is 5.62. The average molecular weight is 665 g/mol. The molecule has 0 N–H and O–H groups in total. The van der Waals surface area contributed by atoms with Crippen molar-refractivity contribution in [2.75, 3.05) is 13.2 Å². The van der Waals surface area contributed by atoms with Gasteiger partial charge in [-0.25, -0.2) is 0 Å². The van der Waals surface area contributed by atoms with Crippen molar-refractivity contribution in [2.24, 2.45) is 58.7 Å². The third-order valence-electron chi connectivity index (χ3n) is 17.5. The first-order chi connectivity index (χ1) is 23.3. The van der Waals surface area contributed by atoms with E-state index in [4.69, 9.17) is 9.47 Å². The van der Waals surface area contributed by atoms with Gasteiger partial charge in [-0.1, -0.05) is 40.7 Å². The van der Waals surface area contributed by atoms with Crippen molar-refractivity contribution in [2.45, 2.75) is 184 Å². The molecule has 1 atom stereocenters. The normalized spacial score (nSPS) is 48.5. The average Bonchev–Trinajstić information content (AvgIpc) is 3.81. The molecule has 49 heavy (non-hydrogen) atoms. The van der Waals surface area contributed by atoms with Gasteiger partial charge in [-0.2, -0.15) is 0 Å². The molecule has 13 aliphatic rings. The Bertz CT molecular complexity index is 1410. The predicted molar refractivity (Wildman–Crippen MR) is 198 cm³/mol. The van der Waals surface area contributed by atoms with Gasteiger partial charge in [0.05, 0.1) is 6.61 Å². The van der Waals surface area contributed by atoms with Crippen LogP contribution in [0.1, 0.15) is 179 Å². The van der Waals surface area contributed by atoms with Crippen LogP contribution < -0.4 is 4.74 Å². The first kappa shape index (κ1) is 31.5. The molecule has 1 heterocycles. The molecule has 268 valence electrons. The summed E-state index contributed by atoms with van der Waals surface area (Å²) in [4.78, 5) is 0. The van der Waals surface area contributed by atoms with Crippen LogP contribution in [-0.4, -0.2) is 19.3 Å². The van der Waals surface area contributed by atoms with Gasteiger partial charge in [-0.15, -0.1) is 0 Å². The highest BCUT2D eigenvalue weighted by Crippen LogP contribution is 2.70. The smallest absolute Gasteiger partial charge is 0.127 e. The summed E-state index contributed by atoms with van der Waals surface area (Å²) in [5.41, 5.74) is 8.84. The van der Waals surface area contributed by atoms with Gasteiger partial charge in [-0.3, -0.25) is 0 Å². The summed E-state index contributed by atoms with van der Waals surface area (Å²) in [5.74, 6) is 10.1. The second-order valence-corrected chi connectivity index (χ2v) is 23.5. The van der Waals surface area contributed by atoms with Gasteiger partial charge in [0.2, 0.25) is 0 Å². The summed E-state index contributed by atoms with van der Waals surface area (Å²) >= 11 is 0. The zero-order chi connectivity index (χ0) is 33.1. The first-order valence-corrected chi connectivity index (χ1v) is 21.8. The highest BCUT2D eigenvalue weighted by Gasteiger charge is 2.61. The molecule has 0 aromatic heterocycles. The van der Waals surface area contributed by atoms with E-state index in [-0.39, 0.29) is 5.41 Å². The van der Waals surface area contributed by atoms with Crippen molar-refractivity contribution in [1.29, 1.82) is 0 Å². The summed E-state index contributed by atoms with van der Waals surface area (Å²) in [5, 5.41) is 0. The summed E-state index contributed by atoms with van der Waals surface area (Å²) in [6.07, 6.45) is 28.4. The maximum absolute atomic E-state index is 7.62. The van der Waals surface area contributed by atoms with Crippen LogP contribution in [-0.2, 0) is 26.4 Å². The SMILES string of the molecule is CC(C)(C)CC(C)(C)c1cc(C23CC4CC(CC(C4)C2)C3)c(OCC2CO2)c(C23CC4CC(CC(C4)C2)C3)c1C12CC3CC(CC(C3)C1)C2. The summed E-state index contributed by atoms with van der Waals surface area (Å²) in [7, 11) is 0. The second-order valence-electron chi connectivity index (χ2n) is 23.5. The maximum atomic E-state index is 7.62. The zero-order valence-corrected chi connectivity index (χ0v) is 32.0. The van der Waals surface area contributed by atoms with E-state index in [9.17, 15) is 0 Å². The summed E-state index contributed by atoms with van der Waals surface area (Å²) in [6.45, 7) is 14.6. The molecule has 1 aromatic carbocycles. The number of hydrogen-bond acceptors (Lipinski definition) is 2. The zero-order valence-electron chi connectivity index (χ0n) is 32.0. The molecular formula is C47H68O2. The molecular weight excluding hydrogens is 597 g/mol. The predicted octanol–water partition coefficient (Wildman–Crippen LogP) is 11.6. The molecule has 0 amide bonds. The lowest BCUT2D eigenvalue weighted by atomic mass is 9.42. The molecule has 1 unspecified atom stereocenters. The fourth-order valence-corrected chi connectivity index (χ4v) is 17.8. The lowest BCUT2D eigenvalue weighted by Gasteiger charge is -2.62. The molecule has 14 rings (SSSR count). The van der Waals surface area contributed by atoms with Crippen LogP contribution in [0, 0.1) is 58.7 Å². The molecule has 12 saturated carbocycles. The lowest BCUT2D eigenvalue weighted by Crippen LogP contribution is -2.54. The van der Waals surface area contributed by atoms with E-state index >= 15 is 0 Å². The highest BCUT2D eigenvalue weighted by atomic mass is 16.6. The molecule has 0 spiro atoms. The molecule has 1 saturated heterocycles. The Labute approximate surface area is 299 Å². The van der Waals surface area contributed by atoms with Crippen LogP contribution in [0.2, 0.25) is 0 Å². The number of benzene rings is 1. The molecule has 2 heteroatoms. The van der Waals surface area contributed by atoms with Gasteiger partial charge in [0.1, 0.15) is 18.5 Å². The number of ether oxygens (including phenoxy) is 2.